The molecule has 0 fully saturated rings. The summed E-state index contributed by atoms with van der Waals surface area (Å²) in [5.74, 6) is -4.06. The van der Waals surface area contributed by atoms with Gasteiger partial charge in [-0.15, -0.1) is 0 Å². The molecule has 0 aliphatic rings. The van der Waals surface area contributed by atoms with E-state index in [1.807, 2.05) is 13.8 Å². The molecule has 2 amide bonds. The zero-order chi connectivity index (χ0) is 17.0. The van der Waals surface area contributed by atoms with E-state index in [4.69, 9.17) is 0 Å². The van der Waals surface area contributed by atoms with Crippen molar-refractivity contribution < 1.29 is 18.0 Å². The summed E-state index contributed by atoms with van der Waals surface area (Å²) in [6, 6.07) is 7.96. The first kappa shape index (κ1) is 16.7. The Kier molecular flexibility index (Phi) is 5.10. The number of urea groups is 1. The van der Waals surface area contributed by atoms with Crippen LogP contribution in [0.4, 0.5) is 35.0 Å². The molecule has 0 saturated carbocycles. The predicted molar refractivity (Wildman–Crippen MR) is 83.3 cm³/mol. The number of nitrogens with one attached hydrogen (secondary N) is 3. The molecule has 0 aromatic heterocycles. The first-order valence-corrected chi connectivity index (χ1v) is 6.95. The van der Waals surface area contributed by atoms with Crippen LogP contribution in [-0.4, -0.2) is 12.1 Å². The Labute approximate surface area is 131 Å². The predicted octanol–water partition coefficient (Wildman–Crippen LogP) is 4.38. The van der Waals surface area contributed by atoms with Gasteiger partial charge in [0.15, 0.2) is 17.5 Å². The van der Waals surface area contributed by atoms with Gasteiger partial charge in [-0.05, 0) is 50.2 Å². The Balaban J connectivity index is 2.06. The summed E-state index contributed by atoms with van der Waals surface area (Å²) in [6.45, 7) is 3.67. The van der Waals surface area contributed by atoms with Crippen LogP contribution in [-0.2, 0) is 0 Å². The molecular weight excluding hydrogens is 307 g/mol. The fourth-order valence-corrected chi connectivity index (χ4v) is 1.84. The summed E-state index contributed by atoms with van der Waals surface area (Å²) in [4.78, 5) is 11.5. The minimum atomic E-state index is -1.53. The quantitative estimate of drug-likeness (QED) is 0.732. The van der Waals surface area contributed by atoms with Gasteiger partial charge < -0.3 is 16.0 Å². The summed E-state index contributed by atoms with van der Waals surface area (Å²) in [5, 5.41) is 7.95. The van der Waals surface area contributed by atoms with Crippen molar-refractivity contribution in [3.63, 3.8) is 0 Å². The van der Waals surface area contributed by atoms with Crippen LogP contribution >= 0.6 is 0 Å². The second-order valence-corrected chi connectivity index (χ2v) is 5.18. The molecule has 2 rings (SSSR count). The highest BCUT2D eigenvalue weighted by atomic mass is 19.2. The molecule has 3 N–H and O–H groups in total. The van der Waals surface area contributed by atoms with E-state index in [-0.39, 0.29) is 17.8 Å². The van der Waals surface area contributed by atoms with Crippen LogP contribution < -0.4 is 16.0 Å². The van der Waals surface area contributed by atoms with Crippen LogP contribution in [0.2, 0.25) is 0 Å². The number of carbonyl (C=O) groups excluding carboxylic acids is 1. The average Bonchev–Trinajstić information content (AvgIpc) is 2.49. The molecule has 2 aromatic carbocycles. The van der Waals surface area contributed by atoms with Crippen molar-refractivity contribution >= 4 is 23.1 Å². The van der Waals surface area contributed by atoms with Crippen LogP contribution in [0.25, 0.3) is 0 Å². The molecule has 23 heavy (non-hydrogen) atoms. The van der Waals surface area contributed by atoms with Crippen LogP contribution in [0.1, 0.15) is 13.8 Å². The maximum Gasteiger partial charge on any atom is 0.319 e. The SMILES string of the molecule is CC(C)NC(=O)Nc1ccc(Nc2ccc(F)c(F)c2F)cc1. The number of benzene rings is 2. The monoisotopic (exact) mass is 323 g/mol. The Hall–Kier alpha value is -2.70. The van der Waals surface area contributed by atoms with Gasteiger partial charge in [-0.25, -0.2) is 18.0 Å². The van der Waals surface area contributed by atoms with E-state index in [0.29, 0.717) is 11.4 Å². The van der Waals surface area contributed by atoms with Crippen molar-refractivity contribution in [1.82, 2.24) is 5.32 Å². The first-order chi connectivity index (χ1) is 10.9. The maximum absolute atomic E-state index is 13.6. The summed E-state index contributed by atoms with van der Waals surface area (Å²) in [7, 11) is 0. The number of halogens is 3. The zero-order valence-electron chi connectivity index (χ0n) is 12.6. The minimum absolute atomic E-state index is 0.00675. The highest BCUT2D eigenvalue weighted by Crippen LogP contribution is 2.24. The third kappa shape index (κ3) is 4.38. The van der Waals surface area contributed by atoms with Crippen LogP contribution in [0, 0.1) is 17.5 Å². The standard InChI is InChI=1S/C16H16F3N3O/c1-9(2)20-16(23)22-11-5-3-10(4-6-11)21-13-8-7-12(17)14(18)15(13)19/h3-9,21H,1-2H3,(H2,20,22,23). The Morgan fingerprint density at radius 1 is 0.913 bits per heavy atom. The lowest BCUT2D eigenvalue weighted by atomic mass is 10.2. The van der Waals surface area contributed by atoms with Crippen LogP contribution in [0.5, 0.6) is 0 Å². The van der Waals surface area contributed by atoms with Gasteiger partial charge in [0.1, 0.15) is 0 Å². The summed E-state index contributed by atoms with van der Waals surface area (Å²) >= 11 is 0. The topological polar surface area (TPSA) is 53.2 Å². The van der Waals surface area contributed by atoms with E-state index in [0.717, 1.165) is 12.1 Å². The summed E-state index contributed by atoms with van der Waals surface area (Å²) in [5.41, 5.74) is 0.825. The summed E-state index contributed by atoms with van der Waals surface area (Å²) in [6.07, 6.45) is 0. The Bertz CT molecular complexity index is 702. The van der Waals surface area contributed by atoms with Crippen molar-refractivity contribution in [3.8, 4) is 0 Å². The molecule has 122 valence electrons. The van der Waals surface area contributed by atoms with Gasteiger partial charge in [0.25, 0.3) is 0 Å². The minimum Gasteiger partial charge on any atom is -0.353 e. The van der Waals surface area contributed by atoms with E-state index in [1.54, 1.807) is 24.3 Å². The van der Waals surface area contributed by atoms with Crippen molar-refractivity contribution in [1.29, 1.82) is 0 Å². The first-order valence-electron chi connectivity index (χ1n) is 6.95. The van der Waals surface area contributed by atoms with Crippen molar-refractivity contribution in [2.24, 2.45) is 0 Å². The number of hydrogen-bond donors (Lipinski definition) is 3. The van der Waals surface area contributed by atoms with Crippen LogP contribution in [0.3, 0.4) is 0 Å². The number of amides is 2. The molecule has 7 heteroatoms. The highest BCUT2D eigenvalue weighted by molar-refractivity contribution is 5.89. The molecule has 0 unspecified atom stereocenters. The van der Waals surface area contributed by atoms with E-state index in [1.165, 1.54) is 0 Å². The summed E-state index contributed by atoms with van der Waals surface area (Å²) < 4.78 is 39.6. The number of anilines is 3. The Morgan fingerprint density at radius 2 is 1.52 bits per heavy atom. The second kappa shape index (κ2) is 7.04. The van der Waals surface area contributed by atoms with Gasteiger partial charge in [-0.2, -0.15) is 0 Å². The van der Waals surface area contributed by atoms with Gasteiger partial charge in [0.05, 0.1) is 5.69 Å². The maximum atomic E-state index is 13.6. The molecule has 4 nitrogen and oxygen atoms in total. The lowest BCUT2D eigenvalue weighted by Crippen LogP contribution is -2.34. The third-order valence-electron chi connectivity index (χ3n) is 2.88. The van der Waals surface area contributed by atoms with E-state index in [2.05, 4.69) is 16.0 Å². The lowest BCUT2D eigenvalue weighted by molar-refractivity contribution is 0.250. The van der Waals surface area contributed by atoms with Gasteiger partial charge in [-0.1, -0.05) is 0 Å². The molecule has 0 radical (unpaired) electrons. The van der Waals surface area contributed by atoms with Crippen molar-refractivity contribution in [2.75, 3.05) is 10.6 Å². The fraction of sp³-hybridized carbons (Fsp3) is 0.188. The van der Waals surface area contributed by atoms with E-state index >= 15 is 0 Å². The Morgan fingerprint density at radius 3 is 2.13 bits per heavy atom. The van der Waals surface area contributed by atoms with Crippen molar-refractivity contribution in [3.05, 3.63) is 53.8 Å². The molecule has 0 bridgehead atoms. The fourth-order valence-electron chi connectivity index (χ4n) is 1.84. The number of hydrogen-bond acceptors (Lipinski definition) is 2. The number of rotatable bonds is 4. The molecular formula is C16H16F3N3O. The van der Waals surface area contributed by atoms with Gasteiger partial charge in [-0.3, -0.25) is 0 Å². The molecule has 2 aromatic rings. The van der Waals surface area contributed by atoms with Gasteiger partial charge >= 0.3 is 6.03 Å². The van der Waals surface area contributed by atoms with E-state index < -0.39 is 17.5 Å². The number of carbonyl (C=O) groups is 1. The molecule has 0 saturated heterocycles. The molecule has 0 heterocycles. The molecule has 0 aliphatic carbocycles. The third-order valence-corrected chi connectivity index (χ3v) is 2.88. The molecule has 0 atom stereocenters. The van der Waals surface area contributed by atoms with Gasteiger partial charge in [0.2, 0.25) is 0 Å². The van der Waals surface area contributed by atoms with Gasteiger partial charge in [0, 0.05) is 17.4 Å². The zero-order valence-corrected chi connectivity index (χ0v) is 12.6. The van der Waals surface area contributed by atoms with Crippen LogP contribution in [0.15, 0.2) is 36.4 Å². The largest absolute Gasteiger partial charge is 0.353 e. The van der Waals surface area contributed by atoms with Crippen molar-refractivity contribution in [2.45, 2.75) is 19.9 Å². The smallest absolute Gasteiger partial charge is 0.319 e. The average molecular weight is 323 g/mol. The normalized spacial score (nSPS) is 10.5. The lowest BCUT2D eigenvalue weighted by Gasteiger charge is -2.11. The molecule has 0 aliphatic heterocycles. The highest BCUT2D eigenvalue weighted by Gasteiger charge is 2.13. The molecule has 0 spiro atoms. The van der Waals surface area contributed by atoms with E-state index in [9.17, 15) is 18.0 Å². The second-order valence-electron chi connectivity index (χ2n) is 5.18.